The van der Waals surface area contributed by atoms with Crippen LogP contribution in [0, 0.1) is 0 Å². The van der Waals surface area contributed by atoms with E-state index in [1.54, 1.807) is 0 Å². The molecule has 0 aromatic heterocycles. The Morgan fingerprint density at radius 3 is 2.80 bits per heavy atom. The zero-order valence-electron chi connectivity index (χ0n) is 9.75. The van der Waals surface area contributed by atoms with Crippen LogP contribution < -0.4 is 5.32 Å². The maximum absolute atomic E-state index is 11.8. The Bertz CT molecular complexity index is 260. The quantitative estimate of drug-likeness (QED) is 0.659. The van der Waals surface area contributed by atoms with Crippen LogP contribution in [-0.2, 0) is 4.74 Å². The van der Waals surface area contributed by atoms with Crippen LogP contribution in [0.2, 0.25) is 0 Å². The second-order valence-corrected chi connectivity index (χ2v) is 5.40. The number of fused-ring (bicyclic) bond motifs is 1. The van der Waals surface area contributed by atoms with Gasteiger partial charge in [0, 0.05) is 12.6 Å². The van der Waals surface area contributed by atoms with Crippen LogP contribution in [0.4, 0.5) is 4.79 Å². The van der Waals surface area contributed by atoms with Crippen molar-refractivity contribution in [1.82, 2.24) is 10.2 Å². The molecule has 15 heavy (non-hydrogen) atoms. The number of hydrogen-bond donors (Lipinski definition) is 1. The normalized spacial score (nSPS) is 30.5. The Balaban J connectivity index is 1.88. The van der Waals surface area contributed by atoms with Crippen molar-refractivity contribution in [2.75, 3.05) is 13.1 Å². The van der Waals surface area contributed by atoms with Gasteiger partial charge in [-0.15, -0.1) is 0 Å². The molecule has 1 N–H and O–H groups in total. The topological polar surface area (TPSA) is 41.6 Å². The average Bonchev–Trinajstić information content (AvgIpc) is 2.03. The smallest absolute Gasteiger partial charge is 0.410 e. The third-order valence-electron chi connectivity index (χ3n) is 2.97. The van der Waals surface area contributed by atoms with E-state index in [9.17, 15) is 4.79 Å². The summed E-state index contributed by atoms with van der Waals surface area (Å²) in [7, 11) is 0. The molecule has 0 saturated carbocycles. The van der Waals surface area contributed by atoms with Crippen molar-refractivity contribution >= 4 is 6.09 Å². The van der Waals surface area contributed by atoms with Gasteiger partial charge in [0.15, 0.2) is 0 Å². The van der Waals surface area contributed by atoms with Gasteiger partial charge in [0.1, 0.15) is 5.60 Å². The van der Waals surface area contributed by atoms with Gasteiger partial charge in [0.05, 0.1) is 6.04 Å². The number of piperidine rings is 1. The molecule has 0 spiro atoms. The highest BCUT2D eigenvalue weighted by Gasteiger charge is 2.44. The summed E-state index contributed by atoms with van der Waals surface area (Å²) >= 11 is 0. The van der Waals surface area contributed by atoms with Gasteiger partial charge in [-0.3, -0.25) is 0 Å². The molecule has 0 aromatic carbocycles. The van der Waals surface area contributed by atoms with Crippen molar-refractivity contribution < 1.29 is 9.53 Å². The predicted octanol–water partition coefficient (Wildman–Crippen LogP) is 1.36. The Morgan fingerprint density at radius 1 is 1.47 bits per heavy atom. The lowest BCUT2D eigenvalue weighted by Crippen LogP contribution is -2.69. The number of carbonyl (C=O) groups excluding carboxylic acids is 1. The first-order chi connectivity index (χ1) is 6.97. The average molecular weight is 212 g/mol. The van der Waals surface area contributed by atoms with E-state index in [1.807, 2.05) is 25.7 Å². The van der Waals surface area contributed by atoms with Gasteiger partial charge in [0.2, 0.25) is 0 Å². The molecule has 2 heterocycles. The molecule has 0 bridgehead atoms. The first-order valence-electron chi connectivity index (χ1n) is 5.70. The predicted molar refractivity (Wildman–Crippen MR) is 57.8 cm³/mol. The number of carbonyl (C=O) groups is 1. The fourth-order valence-electron chi connectivity index (χ4n) is 2.23. The molecule has 2 aliphatic heterocycles. The Hall–Kier alpha value is -0.770. The van der Waals surface area contributed by atoms with Gasteiger partial charge in [-0.25, -0.2) is 4.79 Å². The molecule has 2 fully saturated rings. The molecule has 2 aliphatic rings. The summed E-state index contributed by atoms with van der Waals surface area (Å²) in [5.74, 6) is 0. The van der Waals surface area contributed by atoms with Crippen LogP contribution in [0.1, 0.15) is 33.6 Å². The van der Waals surface area contributed by atoms with Crippen LogP contribution in [-0.4, -0.2) is 41.8 Å². The second-order valence-electron chi connectivity index (χ2n) is 5.40. The van der Waals surface area contributed by atoms with E-state index in [4.69, 9.17) is 4.74 Å². The molecule has 4 heteroatoms. The summed E-state index contributed by atoms with van der Waals surface area (Å²) < 4.78 is 5.35. The summed E-state index contributed by atoms with van der Waals surface area (Å²) in [6.45, 7) is 7.60. The number of hydrogen-bond acceptors (Lipinski definition) is 3. The zero-order valence-corrected chi connectivity index (χ0v) is 9.75. The fraction of sp³-hybridized carbons (Fsp3) is 0.909. The molecule has 0 radical (unpaired) electrons. The third kappa shape index (κ3) is 2.25. The summed E-state index contributed by atoms with van der Waals surface area (Å²) in [6, 6.07) is 0.875. The minimum atomic E-state index is -0.385. The molecule has 0 unspecified atom stereocenters. The molecule has 86 valence electrons. The van der Waals surface area contributed by atoms with Gasteiger partial charge in [-0.2, -0.15) is 0 Å². The van der Waals surface area contributed by atoms with Crippen molar-refractivity contribution in [3.63, 3.8) is 0 Å². The lowest BCUT2D eigenvalue weighted by atomic mass is 9.89. The van der Waals surface area contributed by atoms with E-state index >= 15 is 0 Å². The maximum Gasteiger partial charge on any atom is 0.410 e. The van der Waals surface area contributed by atoms with Crippen molar-refractivity contribution in [2.45, 2.75) is 51.3 Å². The van der Waals surface area contributed by atoms with Crippen LogP contribution in [0.15, 0.2) is 0 Å². The van der Waals surface area contributed by atoms with Crippen molar-refractivity contribution in [2.24, 2.45) is 0 Å². The SMILES string of the molecule is CC(C)(C)OC(=O)N1C[C@H]2NCCC[C@@H]21. The van der Waals surface area contributed by atoms with Crippen molar-refractivity contribution in [1.29, 1.82) is 0 Å². The largest absolute Gasteiger partial charge is 0.444 e. The molecular weight excluding hydrogens is 192 g/mol. The maximum atomic E-state index is 11.8. The molecule has 2 atom stereocenters. The number of ether oxygens (including phenoxy) is 1. The van der Waals surface area contributed by atoms with Gasteiger partial charge < -0.3 is 15.0 Å². The molecule has 2 rings (SSSR count). The number of rotatable bonds is 0. The van der Waals surface area contributed by atoms with E-state index in [0.717, 1.165) is 25.9 Å². The standard InChI is InChI=1S/C11H20N2O2/c1-11(2,3)15-10(14)13-7-8-9(13)5-4-6-12-8/h8-9,12H,4-7H2,1-3H3/t8-,9+/m1/s1. The Kier molecular flexibility index (Phi) is 2.63. The highest BCUT2D eigenvalue weighted by molar-refractivity contribution is 5.70. The van der Waals surface area contributed by atoms with Gasteiger partial charge >= 0.3 is 6.09 Å². The first kappa shape index (κ1) is 10.7. The number of nitrogens with one attached hydrogen (secondary N) is 1. The highest BCUT2D eigenvalue weighted by Crippen LogP contribution is 2.27. The molecule has 2 saturated heterocycles. The van der Waals surface area contributed by atoms with E-state index in [1.165, 1.54) is 0 Å². The van der Waals surface area contributed by atoms with Gasteiger partial charge in [-0.1, -0.05) is 0 Å². The fourth-order valence-corrected chi connectivity index (χ4v) is 2.23. The van der Waals surface area contributed by atoms with E-state index in [-0.39, 0.29) is 11.7 Å². The minimum absolute atomic E-state index is 0.160. The summed E-state index contributed by atoms with van der Waals surface area (Å²) in [6.07, 6.45) is 2.10. The highest BCUT2D eigenvalue weighted by atomic mass is 16.6. The number of nitrogens with zero attached hydrogens (tertiary/aromatic N) is 1. The summed E-state index contributed by atoms with van der Waals surface area (Å²) in [5, 5.41) is 3.42. The van der Waals surface area contributed by atoms with E-state index in [0.29, 0.717) is 12.1 Å². The minimum Gasteiger partial charge on any atom is -0.444 e. The number of amides is 1. The van der Waals surface area contributed by atoms with Crippen molar-refractivity contribution in [3.05, 3.63) is 0 Å². The van der Waals surface area contributed by atoms with Crippen LogP contribution in [0.3, 0.4) is 0 Å². The van der Waals surface area contributed by atoms with Crippen molar-refractivity contribution in [3.8, 4) is 0 Å². The Labute approximate surface area is 91.0 Å². The molecular formula is C11H20N2O2. The van der Waals surface area contributed by atoms with Crippen LogP contribution in [0.25, 0.3) is 0 Å². The van der Waals surface area contributed by atoms with Crippen LogP contribution >= 0.6 is 0 Å². The van der Waals surface area contributed by atoms with E-state index < -0.39 is 0 Å². The molecule has 4 nitrogen and oxygen atoms in total. The second kappa shape index (κ2) is 3.67. The monoisotopic (exact) mass is 212 g/mol. The van der Waals surface area contributed by atoms with E-state index in [2.05, 4.69) is 5.32 Å². The molecule has 0 aliphatic carbocycles. The van der Waals surface area contributed by atoms with Gasteiger partial charge in [-0.05, 0) is 40.2 Å². The lowest BCUT2D eigenvalue weighted by molar-refractivity contribution is -0.0268. The zero-order chi connectivity index (χ0) is 11.1. The lowest BCUT2D eigenvalue weighted by Gasteiger charge is -2.50. The number of likely N-dealkylation sites (tertiary alicyclic amines) is 1. The molecule has 0 aromatic rings. The third-order valence-corrected chi connectivity index (χ3v) is 2.97. The summed E-state index contributed by atoms with van der Waals surface area (Å²) in [5.41, 5.74) is -0.385. The first-order valence-corrected chi connectivity index (χ1v) is 5.70. The summed E-state index contributed by atoms with van der Waals surface area (Å²) in [4.78, 5) is 13.6. The Morgan fingerprint density at radius 2 is 2.20 bits per heavy atom. The molecule has 1 amide bonds. The van der Waals surface area contributed by atoms with Gasteiger partial charge in [0.25, 0.3) is 0 Å². The van der Waals surface area contributed by atoms with Crippen LogP contribution in [0.5, 0.6) is 0 Å².